The quantitative estimate of drug-likeness (QED) is 0.719. The zero-order valence-corrected chi connectivity index (χ0v) is 17.9. The van der Waals surface area contributed by atoms with Crippen LogP contribution in [0.3, 0.4) is 0 Å². The molecule has 1 aliphatic carbocycles. The summed E-state index contributed by atoms with van der Waals surface area (Å²) >= 11 is 5.97. The van der Waals surface area contributed by atoms with Crippen molar-refractivity contribution in [3.05, 3.63) is 46.6 Å². The van der Waals surface area contributed by atoms with Gasteiger partial charge in [-0.3, -0.25) is 4.79 Å². The van der Waals surface area contributed by atoms with Crippen LogP contribution in [0.4, 0.5) is 0 Å². The van der Waals surface area contributed by atoms with E-state index >= 15 is 0 Å². The Morgan fingerprint density at radius 1 is 1.32 bits per heavy atom. The van der Waals surface area contributed by atoms with E-state index in [9.17, 15) is 4.79 Å². The van der Waals surface area contributed by atoms with Gasteiger partial charge in [-0.05, 0) is 56.8 Å². The molecule has 1 heterocycles. The average molecular weight is 427 g/mol. The molecule has 0 radical (unpaired) electrons. The maximum atomic E-state index is 12.5. The molecule has 1 aromatic carbocycles. The maximum absolute atomic E-state index is 12.5. The van der Waals surface area contributed by atoms with Crippen molar-refractivity contribution in [2.75, 3.05) is 6.54 Å². The Labute approximate surface area is 177 Å². The van der Waals surface area contributed by atoms with Crippen molar-refractivity contribution in [3.63, 3.8) is 0 Å². The highest BCUT2D eigenvalue weighted by atomic mass is 35.5. The second-order valence-corrected chi connectivity index (χ2v) is 8.48. The molecule has 154 valence electrons. The molecule has 3 N–H and O–H groups in total. The van der Waals surface area contributed by atoms with Gasteiger partial charge in [0.05, 0.1) is 5.54 Å². The van der Waals surface area contributed by atoms with Gasteiger partial charge in [0, 0.05) is 17.0 Å². The van der Waals surface area contributed by atoms with Gasteiger partial charge in [0.25, 0.3) is 5.91 Å². The van der Waals surface area contributed by atoms with Crippen molar-refractivity contribution in [2.45, 2.75) is 57.9 Å². The normalized spacial score (nSPS) is 16.3. The van der Waals surface area contributed by atoms with Crippen molar-refractivity contribution >= 4 is 29.9 Å². The smallest absolute Gasteiger partial charge is 0.252 e. The Hall–Kier alpha value is -1.63. The van der Waals surface area contributed by atoms with Crippen LogP contribution >= 0.6 is 24.0 Å². The lowest BCUT2D eigenvalue weighted by molar-refractivity contribution is 0.0907. The van der Waals surface area contributed by atoms with Crippen LogP contribution in [-0.2, 0) is 12.0 Å². The third-order valence-electron chi connectivity index (χ3n) is 5.41. The number of benzene rings is 1. The molecule has 1 aliphatic rings. The molecule has 1 amide bonds. The van der Waals surface area contributed by atoms with E-state index < -0.39 is 5.54 Å². The molecule has 28 heavy (non-hydrogen) atoms. The molecule has 3 rings (SSSR count). The molecule has 0 spiro atoms. The fourth-order valence-corrected chi connectivity index (χ4v) is 3.89. The fraction of sp³-hybridized carbons (Fsp3) is 0.550. The number of halogens is 2. The molecule has 8 heteroatoms. The minimum atomic E-state index is -0.774. The highest BCUT2D eigenvalue weighted by Gasteiger charge is 2.35. The van der Waals surface area contributed by atoms with Crippen LogP contribution in [0.25, 0.3) is 0 Å². The molecule has 0 unspecified atom stereocenters. The van der Waals surface area contributed by atoms with Crippen LogP contribution in [0.15, 0.2) is 28.8 Å². The molecule has 0 atom stereocenters. The zero-order chi connectivity index (χ0) is 19.5. The van der Waals surface area contributed by atoms with Crippen LogP contribution in [-0.4, -0.2) is 22.6 Å². The summed E-state index contributed by atoms with van der Waals surface area (Å²) in [6, 6.07) is 6.82. The third kappa shape index (κ3) is 5.25. The summed E-state index contributed by atoms with van der Waals surface area (Å²) < 4.78 is 5.50. The first-order valence-electron chi connectivity index (χ1n) is 9.45. The molecule has 0 saturated heterocycles. The van der Waals surface area contributed by atoms with Crippen molar-refractivity contribution in [3.8, 4) is 0 Å². The van der Waals surface area contributed by atoms with E-state index in [4.69, 9.17) is 21.9 Å². The Kier molecular flexibility index (Phi) is 7.48. The highest BCUT2D eigenvalue weighted by Crippen LogP contribution is 2.38. The second kappa shape index (κ2) is 9.25. The number of nitrogens with zero attached hydrogens (tertiary/aromatic N) is 2. The van der Waals surface area contributed by atoms with Gasteiger partial charge < -0.3 is 15.6 Å². The summed E-state index contributed by atoms with van der Waals surface area (Å²) in [6.45, 7) is 4.33. The van der Waals surface area contributed by atoms with E-state index in [1.165, 1.54) is 19.3 Å². The molecule has 1 saturated carbocycles. The molecule has 1 fully saturated rings. The van der Waals surface area contributed by atoms with E-state index in [2.05, 4.69) is 15.5 Å². The molecule has 0 aliphatic heterocycles. The van der Waals surface area contributed by atoms with Crippen LogP contribution in [0.5, 0.6) is 0 Å². The SMILES string of the molecule is CC(C)(NC(=O)c1cccc(Cl)c1)c1noc(CC2(CN)CCCCC2)n1.Cl. The number of amides is 1. The largest absolute Gasteiger partial charge is 0.340 e. The lowest BCUT2D eigenvalue weighted by atomic mass is 9.72. The topological polar surface area (TPSA) is 94.0 Å². The molecular formula is C20H28Cl2N4O2. The van der Waals surface area contributed by atoms with Crippen molar-refractivity contribution in [1.82, 2.24) is 15.5 Å². The summed E-state index contributed by atoms with van der Waals surface area (Å²) in [7, 11) is 0. The van der Waals surface area contributed by atoms with Gasteiger partial charge in [-0.2, -0.15) is 4.98 Å². The van der Waals surface area contributed by atoms with Gasteiger partial charge in [-0.15, -0.1) is 12.4 Å². The first-order valence-corrected chi connectivity index (χ1v) is 9.83. The highest BCUT2D eigenvalue weighted by molar-refractivity contribution is 6.30. The second-order valence-electron chi connectivity index (χ2n) is 8.04. The van der Waals surface area contributed by atoms with E-state index in [0.717, 1.165) is 12.8 Å². The molecule has 6 nitrogen and oxygen atoms in total. The summed E-state index contributed by atoms with van der Waals surface area (Å²) in [5.41, 5.74) is 5.83. The average Bonchev–Trinajstić information content (AvgIpc) is 3.11. The molecular weight excluding hydrogens is 399 g/mol. The first kappa shape index (κ1) is 22.7. The van der Waals surface area contributed by atoms with Crippen molar-refractivity contribution in [2.24, 2.45) is 11.1 Å². The Bertz CT molecular complexity index is 801. The van der Waals surface area contributed by atoms with Gasteiger partial charge in [0.1, 0.15) is 0 Å². The zero-order valence-electron chi connectivity index (χ0n) is 16.3. The summed E-state index contributed by atoms with van der Waals surface area (Å²) in [5.74, 6) is 0.804. The van der Waals surface area contributed by atoms with E-state index in [-0.39, 0.29) is 23.7 Å². The molecule has 1 aromatic heterocycles. The number of aromatic nitrogens is 2. The number of rotatable bonds is 6. The summed E-state index contributed by atoms with van der Waals surface area (Å²) in [5, 5.41) is 7.58. The van der Waals surface area contributed by atoms with Gasteiger partial charge in [0.15, 0.2) is 5.82 Å². The van der Waals surface area contributed by atoms with E-state index in [1.54, 1.807) is 24.3 Å². The first-order chi connectivity index (χ1) is 12.8. The molecule has 0 bridgehead atoms. The number of hydrogen-bond donors (Lipinski definition) is 2. The number of nitrogens with one attached hydrogen (secondary N) is 1. The summed E-state index contributed by atoms with van der Waals surface area (Å²) in [4.78, 5) is 17.1. The van der Waals surface area contributed by atoms with Gasteiger partial charge in [0.2, 0.25) is 5.89 Å². The van der Waals surface area contributed by atoms with Gasteiger partial charge in [-0.1, -0.05) is 42.1 Å². The number of carbonyl (C=O) groups is 1. The monoisotopic (exact) mass is 426 g/mol. The number of nitrogens with two attached hydrogens (primary N) is 1. The fourth-order valence-electron chi connectivity index (χ4n) is 3.70. The van der Waals surface area contributed by atoms with E-state index in [1.807, 2.05) is 13.8 Å². The Balaban J connectivity index is 0.00000280. The predicted octanol–water partition coefficient (Wildman–Crippen LogP) is 4.26. The van der Waals surface area contributed by atoms with Crippen molar-refractivity contribution in [1.29, 1.82) is 0 Å². The minimum Gasteiger partial charge on any atom is -0.340 e. The van der Waals surface area contributed by atoms with Crippen LogP contribution in [0.1, 0.15) is 68.0 Å². The van der Waals surface area contributed by atoms with Crippen LogP contribution in [0, 0.1) is 5.41 Å². The Morgan fingerprint density at radius 3 is 2.68 bits per heavy atom. The maximum Gasteiger partial charge on any atom is 0.252 e. The van der Waals surface area contributed by atoms with Crippen molar-refractivity contribution < 1.29 is 9.32 Å². The number of hydrogen-bond acceptors (Lipinski definition) is 5. The third-order valence-corrected chi connectivity index (χ3v) is 5.65. The lowest BCUT2D eigenvalue weighted by Crippen LogP contribution is -2.42. The standard InChI is InChI=1S/C20H27ClN4O2.ClH/c1-19(2,24-17(26)14-7-6-8-15(21)11-14)18-23-16(27-25-18)12-20(13-22)9-4-3-5-10-20;/h6-8,11H,3-5,9-10,12-13,22H2,1-2H3,(H,24,26);1H. The van der Waals surface area contributed by atoms with Gasteiger partial charge in [-0.25, -0.2) is 0 Å². The lowest BCUT2D eigenvalue weighted by Gasteiger charge is -2.35. The van der Waals surface area contributed by atoms with E-state index in [0.29, 0.717) is 35.3 Å². The summed E-state index contributed by atoms with van der Waals surface area (Å²) in [6.07, 6.45) is 6.53. The number of carbonyl (C=O) groups excluding carboxylic acids is 1. The van der Waals surface area contributed by atoms with Gasteiger partial charge >= 0.3 is 0 Å². The molecule has 2 aromatic rings. The minimum absolute atomic E-state index is 0. The Morgan fingerprint density at radius 2 is 2.04 bits per heavy atom. The predicted molar refractivity (Wildman–Crippen MR) is 112 cm³/mol. The van der Waals surface area contributed by atoms with Crippen LogP contribution in [0.2, 0.25) is 5.02 Å². The van der Waals surface area contributed by atoms with Crippen LogP contribution < -0.4 is 11.1 Å².